The van der Waals surface area contributed by atoms with Crippen LogP contribution in [0.3, 0.4) is 0 Å². The lowest BCUT2D eigenvalue weighted by molar-refractivity contribution is -0.134. The van der Waals surface area contributed by atoms with E-state index in [1.54, 1.807) is 60.7 Å². The van der Waals surface area contributed by atoms with Gasteiger partial charge in [-0.1, -0.05) is 49.4 Å². The number of carbonyl (C=O) groups is 3. The monoisotopic (exact) mass is 401 g/mol. The number of benzene rings is 3. The van der Waals surface area contributed by atoms with Crippen molar-refractivity contribution < 1.29 is 19.1 Å². The van der Waals surface area contributed by atoms with Gasteiger partial charge in [-0.15, -0.1) is 0 Å². The Bertz CT molecular complexity index is 1010. The zero-order chi connectivity index (χ0) is 21.3. The van der Waals surface area contributed by atoms with Gasteiger partial charge in [0, 0.05) is 23.2 Å². The fourth-order valence-electron chi connectivity index (χ4n) is 2.87. The average Bonchev–Trinajstić information content (AvgIpc) is 2.79. The molecule has 3 rings (SSSR count). The number of amides is 1. The van der Waals surface area contributed by atoms with Crippen LogP contribution < -0.4 is 10.1 Å². The molecular weight excluding hydrogens is 378 g/mol. The van der Waals surface area contributed by atoms with E-state index < -0.39 is 5.97 Å². The number of hydrogen-bond donors (Lipinski definition) is 1. The molecule has 3 aromatic rings. The SMILES string of the molecule is CCc1ccc(C(=O)CCC(=O)Oc2ccc(NC(=O)c3ccccc3)cc2)cc1. The summed E-state index contributed by atoms with van der Waals surface area (Å²) in [7, 11) is 0. The summed E-state index contributed by atoms with van der Waals surface area (Å²) in [6.45, 7) is 2.05. The van der Waals surface area contributed by atoms with Crippen LogP contribution in [-0.2, 0) is 11.2 Å². The van der Waals surface area contributed by atoms with Gasteiger partial charge in [-0.25, -0.2) is 0 Å². The van der Waals surface area contributed by atoms with Gasteiger partial charge >= 0.3 is 5.97 Å². The molecule has 0 atom stereocenters. The molecule has 30 heavy (non-hydrogen) atoms. The van der Waals surface area contributed by atoms with Crippen molar-refractivity contribution >= 4 is 23.3 Å². The smallest absolute Gasteiger partial charge is 0.311 e. The molecule has 0 saturated carbocycles. The Hall–Kier alpha value is -3.73. The first-order valence-electron chi connectivity index (χ1n) is 9.84. The highest BCUT2D eigenvalue weighted by atomic mass is 16.5. The number of rotatable bonds is 8. The zero-order valence-electron chi connectivity index (χ0n) is 16.8. The largest absolute Gasteiger partial charge is 0.427 e. The molecule has 0 heterocycles. The van der Waals surface area contributed by atoms with Crippen molar-refractivity contribution in [3.63, 3.8) is 0 Å². The van der Waals surface area contributed by atoms with Gasteiger partial charge in [-0.3, -0.25) is 14.4 Å². The molecule has 0 aliphatic rings. The molecule has 1 amide bonds. The first-order chi connectivity index (χ1) is 14.5. The van der Waals surface area contributed by atoms with E-state index in [-0.39, 0.29) is 24.5 Å². The van der Waals surface area contributed by atoms with Crippen LogP contribution in [0.4, 0.5) is 5.69 Å². The molecule has 3 aromatic carbocycles. The summed E-state index contributed by atoms with van der Waals surface area (Å²) >= 11 is 0. The topological polar surface area (TPSA) is 72.5 Å². The van der Waals surface area contributed by atoms with E-state index in [2.05, 4.69) is 12.2 Å². The van der Waals surface area contributed by atoms with Crippen molar-refractivity contribution in [3.8, 4) is 5.75 Å². The number of esters is 1. The maximum absolute atomic E-state index is 12.2. The van der Waals surface area contributed by atoms with Gasteiger partial charge in [0.15, 0.2) is 5.78 Å². The number of Topliss-reactive ketones (excluding diaryl/α,β-unsaturated/α-hetero) is 1. The Kier molecular flexibility index (Phi) is 7.11. The van der Waals surface area contributed by atoms with Gasteiger partial charge < -0.3 is 10.1 Å². The van der Waals surface area contributed by atoms with Gasteiger partial charge in [0.05, 0.1) is 6.42 Å². The maximum Gasteiger partial charge on any atom is 0.311 e. The number of anilines is 1. The Morgan fingerprint density at radius 1 is 0.767 bits per heavy atom. The third-order valence-electron chi connectivity index (χ3n) is 4.62. The van der Waals surface area contributed by atoms with Gasteiger partial charge in [0.2, 0.25) is 0 Å². The standard InChI is InChI=1S/C25H23NO4/c1-2-18-8-10-19(11-9-18)23(27)16-17-24(28)30-22-14-12-21(13-15-22)26-25(29)20-6-4-3-5-7-20/h3-15H,2,16-17H2,1H3,(H,26,29). The minimum absolute atomic E-state index is 0.000850. The van der Waals surface area contributed by atoms with Crippen LogP contribution >= 0.6 is 0 Å². The van der Waals surface area contributed by atoms with Crippen LogP contribution in [-0.4, -0.2) is 17.7 Å². The highest BCUT2D eigenvalue weighted by Crippen LogP contribution is 2.18. The number of aryl methyl sites for hydroxylation is 1. The van der Waals surface area contributed by atoms with Gasteiger partial charge in [-0.2, -0.15) is 0 Å². The van der Waals surface area contributed by atoms with Crippen molar-refractivity contribution in [1.82, 2.24) is 0 Å². The molecule has 5 nitrogen and oxygen atoms in total. The van der Waals surface area contributed by atoms with Crippen molar-refractivity contribution in [1.29, 1.82) is 0 Å². The van der Waals surface area contributed by atoms with Crippen molar-refractivity contribution in [3.05, 3.63) is 95.6 Å². The summed E-state index contributed by atoms with van der Waals surface area (Å²) < 4.78 is 5.28. The number of carbonyl (C=O) groups excluding carboxylic acids is 3. The minimum Gasteiger partial charge on any atom is -0.427 e. The van der Waals surface area contributed by atoms with Crippen molar-refractivity contribution in [2.75, 3.05) is 5.32 Å². The second-order valence-corrected chi connectivity index (χ2v) is 6.79. The lowest BCUT2D eigenvalue weighted by atomic mass is 10.0. The Morgan fingerprint density at radius 2 is 1.43 bits per heavy atom. The second-order valence-electron chi connectivity index (χ2n) is 6.79. The van der Waals surface area contributed by atoms with E-state index in [1.807, 2.05) is 18.2 Å². The third-order valence-corrected chi connectivity index (χ3v) is 4.62. The van der Waals surface area contributed by atoms with E-state index in [4.69, 9.17) is 4.74 Å². The highest BCUT2D eigenvalue weighted by molar-refractivity contribution is 6.04. The molecule has 152 valence electrons. The molecule has 0 fully saturated rings. The number of ether oxygens (including phenoxy) is 1. The summed E-state index contributed by atoms with van der Waals surface area (Å²) in [5.74, 6) is -0.425. The Balaban J connectivity index is 1.48. The van der Waals surface area contributed by atoms with Gasteiger partial charge in [-0.05, 0) is 48.4 Å². The average molecular weight is 401 g/mol. The van der Waals surface area contributed by atoms with Crippen LogP contribution in [0.2, 0.25) is 0 Å². The zero-order valence-corrected chi connectivity index (χ0v) is 16.8. The van der Waals surface area contributed by atoms with Crippen LogP contribution in [0.15, 0.2) is 78.9 Å². The van der Waals surface area contributed by atoms with E-state index in [9.17, 15) is 14.4 Å². The Morgan fingerprint density at radius 3 is 2.07 bits per heavy atom. The van der Waals surface area contributed by atoms with E-state index in [1.165, 1.54) is 0 Å². The summed E-state index contributed by atoms with van der Waals surface area (Å²) in [5.41, 5.74) is 2.91. The van der Waals surface area contributed by atoms with E-state index >= 15 is 0 Å². The summed E-state index contributed by atoms with van der Waals surface area (Å²) in [5, 5.41) is 2.78. The summed E-state index contributed by atoms with van der Waals surface area (Å²) in [4.78, 5) is 36.4. The number of hydrogen-bond acceptors (Lipinski definition) is 4. The van der Waals surface area contributed by atoms with Crippen LogP contribution in [0.5, 0.6) is 5.75 Å². The van der Waals surface area contributed by atoms with Gasteiger partial charge in [0.25, 0.3) is 5.91 Å². The fraction of sp³-hybridized carbons (Fsp3) is 0.160. The lowest BCUT2D eigenvalue weighted by Gasteiger charge is -2.07. The highest BCUT2D eigenvalue weighted by Gasteiger charge is 2.11. The first-order valence-corrected chi connectivity index (χ1v) is 9.84. The molecule has 0 saturated heterocycles. The minimum atomic E-state index is -0.477. The number of ketones is 1. The van der Waals surface area contributed by atoms with Crippen LogP contribution in [0.25, 0.3) is 0 Å². The molecule has 0 unspecified atom stereocenters. The Labute approximate surface area is 175 Å². The molecule has 0 aliphatic heterocycles. The predicted octanol–water partition coefficient (Wildman–Crippen LogP) is 5.07. The molecule has 0 aliphatic carbocycles. The lowest BCUT2D eigenvalue weighted by Crippen LogP contribution is -2.12. The van der Waals surface area contributed by atoms with E-state index in [0.29, 0.717) is 22.6 Å². The molecule has 1 N–H and O–H groups in total. The van der Waals surface area contributed by atoms with Crippen molar-refractivity contribution in [2.45, 2.75) is 26.2 Å². The number of nitrogens with one attached hydrogen (secondary N) is 1. The molecule has 0 radical (unpaired) electrons. The van der Waals surface area contributed by atoms with E-state index in [0.717, 1.165) is 12.0 Å². The summed E-state index contributed by atoms with van der Waals surface area (Å²) in [6, 6.07) is 22.8. The molecular formula is C25H23NO4. The predicted molar refractivity (Wildman–Crippen MR) is 116 cm³/mol. The fourth-order valence-corrected chi connectivity index (χ4v) is 2.87. The second kappa shape index (κ2) is 10.2. The quantitative estimate of drug-likeness (QED) is 0.325. The third kappa shape index (κ3) is 5.88. The van der Waals surface area contributed by atoms with Crippen molar-refractivity contribution in [2.24, 2.45) is 0 Å². The normalized spacial score (nSPS) is 10.3. The molecule has 5 heteroatoms. The van der Waals surface area contributed by atoms with Crippen LogP contribution in [0, 0.1) is 0 Å². The molecule has 0 spiro atoms. The maximum atomic E-state index is 12.2. The van der Waals surface area contributed by atoms with Crippen LogP contribution in [0.1, 0.15) is 46.0 Å². The summed E-state index contributed by atoms with van der Waals surface area (Å²) in [6.07, 6.45) is 1.01. The van der Waals surface area contributed by atoms with Gasteiger partial charge in [0.1, 0.15) is 5.75 Å². The molecule has 0 aromatic heterocycles. The molecule has 0 bridgehead atoms. The first kappa shape index (κ1) is 21.0.